The first kappa shape index (κ1) is 20.1. The minimum atomic E-state index is -4.01. The normalized spacial score (nSPS) is 15.5. The van der Waals surface area contributed by atoms with Crippen LogP contribution in [0.3, 0.4) is 0 Å². The molecular formula is C16H18Cl2N4O4S. The standard InChI is InChI=1S/C16H18Cl2N4O4S/c1-25-16-15(19-9-11(20-16)10-22-5-7-26-8-6-22)21-27(23,24)13-4-2-3-12(17)14(13)18/h2-4,9H,5-8,10H2,1H3,(H,19,21). The predicted molar refractivity (Wildman–Crippen MR) is 102 cm³/mol. The van der Waals surface area contributed by atoms with E-state index in [9.17, 15) is 8.42 Å². The number of methoxy groups -OCH3 is 1. The van der Waals surface area contributed by atoms with Gasteiger partial charge < -0.3 is 9.47 Å². The van der Waals surface area contributed by atoms with Crippen molar-refractivity contribution in [2.24, 2.45) is 0 Å². The molecule has 1 saturated heterocycles. The third kappa shape index (κ3) is 4.80. The Balaban J connectivity index is 1.82. The number of aromatic nitrogens is 2. The summed E-state index contributed by atoms with van der Waals surface area (Å²) >= 11 is 11.9. The Labute approximate surface area is 167 Å². The maximum Gasteiger partial charge on any atom is 0.264 e. The van der Waals surface area contributed by atoms with Crippen molar-refractivity contribution in [3.63, 3.8) is 0 Å². The van der Waals surface area contributed by atoms with Crippen LogP contribution in [-0.2, 0) is 21.3 Å². The summed E-state index contributed by atoms with van der Waals surface area (Å²) in [5.41, 5.74) is 0.664. The van der Waals surface area contributed by atoms with Crippen LogP contribution in [0.4, 0.5) is 5.82 Å². The number of sulfonamides is 1. The van der Waals surface area contributed by atoms with Gasteiger partial charge in [-0.1, -0.05) is 29.3 Å². The van der Waals surface area contributed by atoms with Crippen molar-refractivity contribution in [1.82, 2.24) is 14.9 Å². The van der Waals surface area contributed by atoms with E-state index in [-0.39, 0.29) is 26.6 Å². The molecule has 27 heavy (non-hydrogen) atoms. The topological polar surface area (TPSA) is 93.7 Å². The van der Waals surface area contributed by atoms with E-state index in [4.69, 9.17) is 32.7 Å². The van der Waals surface area contributed by atoms with Gasteiger partial charge in [-0.15, -0.1) is 0 Å². The van der Waals surface area contributed by atoms with Crippen LogP contribution in [0, 0.1) is 0 Å². The fourth-order valence-electron chi connectivity index (χ4n) is 2.56. The highest BCUT2D eigenvalue weighted by Gasteiger charge is 2.23. The molecule has 1 N–H and O–H groups in total. The summed E-state index contributed by atoms with van der Waals surface area (Å²) in [5, 5.41) is 0.0704. The Morgan fingerprint density at radius 1 is 1.30 bits per heavy atom. The van der Waals surface area contributed by atoms with Crippen molar-refractivity contribution < 1.29 is 17.9 Å². The Morgan fingerprint density at radius 3 is 2.74 bits per heavy atom. The average molecular weight is 433 g/mol. The second kappa shape index (κ2) is 8.57. The lowest BCUT2D eigenvalue weighted by Crippen LogP contribution is -2.35. The van der Waals surface area contributed by atoms with Crippen LogP contribution in [0.15, 0.2) is 29.3 Å². The fourth-order valence-corrected chi connectivity index (χ4v) is 4.33. The predicted octanol–water partition coefficient (Wildman–Crippen LogP) is 2.42. The lowest BCUT2D eigenvalue weighted by atomic mass is 10.3. The number of benzene rings is 1. The van der Waals surface area contributed by atoms with Gasteiger partial charge in [0.15, 0.2) is 0 Å². The van der Waals surface area contributed by atoms with E-state index >= 15 is 0 Å². The molecule has 0 amide bonds. The first-order valence-electron chi connectivity index (χ1n) is 8.07. The van der Waals surface area contributed by atoms with Crippen LogP contribution < -0.4 is 9.46 Å². The summed E-state index contributed by atoms with van der Waals surface area (Å²) in [6, 6.07) is 4.35. The number of hydrogen-bond donors (Lipinski definition) is 1. The quantitative estimate of drug-likeness (QED) is 0.748. The van der Waals surface area contributed by atoms with Gasteiger partial charge >= 0.3 is 0 Å². The molecule has 0 aliphatic carbocycles. The zero-order valence-electron chi connectivity index (χ0n) is 14.5. The summed E-state index contributed by atoms with van der Waals surface area (Å²) in [6.45, 7) is 3.50. The molecule has 0 unspecified atom stereocenters. The van der Waals surface area contributed by atoms with Gasteiger partial charge in [0.2, 0.25) is 5.82 Å². The molecule has 0 radical (unpaired) electrons. The third-order valence-electron chi connectivity index (χ3n) is 3.91. The Morgan fingerprint density at radius 2 is 2.04 bits per heavy atom. The summed E-state index contributed by atoms with van der Waals surface area (Å²) in [7, 11) is -2.62. The summed E-state index contributed by atoms with van der Waals surface area (Å²) in [5.74, 6) is 0.0433. The van der Waals surface area contributed by atoms with E-state index < -0.39 is 10.0 Å². The van der Waals surface area contributed by atoms with Gasteiger partial charge in [-0.05, 0) is 12.1 Å². The van der Waals surface area contributed by atoms with Crippen molar-refractivity contribution in [3.05, 3.63) is 40.1 Å². The molecule has 0 saturated carbocycles. The SMILES string of the molecule is COc1nc(CN2CCOCC2)cnc1NS(=O)(=O)c1cccc(Cl)c1Cl. The minimum absolute atomic E-state index is 0.0285. The van der Waals surface area contributed by atoms with Gasteiger partial charge in [-0.3, -0.25) is 9.62 Å². The first-order valence-corrected chi connectivity index (χ1v) is 10.3. The lowest BCUT2D eigenvalue weighted by Gasteiger charge is -2.26. The summed E-state index contributed by atoms with van der Waals surface area (Å²) in [4.78, 5) is 10.5. The second-order valence-electron chi connectivity index (χ2n) is 5.77. The van der Waals surface area contributed by atoms with E-state index in [1.165, 1.54) is 31.5 Å². The first-order chi connectivity index (χ1) is 12.9. The third-order valence-corrected chi connectivity index (χ3v) is 6.22. The van der Waals surface area contributed by atoms with Crippen LogP contribution in [0.25, 0.3) is 0 Å². The molecule has 1 aliphatic heterocycles. The highest BCUT2D eigenvalue weighted by Crippen LogP contribution is 2.31. The number of rotatable bonds is 6. The van der Waals surface area contributed by atoms with E-state index in [0.717, 1.165) is 13.1 Å². The van der Waals surface area contributed by atoms with E-state index in [0.29, 0.717) is 25.5 Å². The molecular weight excluding hydrogens is 415 g/mol. The van der Waals surface area contributed by atoms with Crippen LogP contribution in [0.2, 0.25) is 10.0 Å². The summed E-state index contributed by atoms with van der Waals surface area (Å²) in [6.07, 6.45) is 1.51. The smallest absolute Gasteiger partial charge is 0.264 e. The zero-order valence-corrected chi connectivity index (χ0v) is 16.8. The molecule has 2 aromatic rings. The molecule has 0 bridgehead atoms. The second-order valence-corrected chi connectivity index (χ2v) is 8.20. The van der Waals surface area contributed by atoms with Gasteiger partial charge in [0.1, 0.15) is 4.90 Å². The maximum atomic E-state index is 12.6. The van der Waals surface area contributed by atoms with Crippen molar-refractivity contribution in [2.45, 2.75) is 11.4 Å². The molecule has 146 valence electrons. The van der Waals surface area contributed by atoms with Crippen LogP contribution in [0.1, 0.15) is 5.69 Å². The minimum Gasteiger partial charge on any atom is -0.478 e. The molecule has 1 fully saturated rings. The molecule has 1 aromatic carbocycles. The molecule has 0 spiro atoms. The largest absolute Gasteiger partial charge is 0.478 e. The highest BCUT2D eigenvalue weighted by atomic mass is 35.5. The van der Waals surface area contributed by atoms with Crippen molar-refractivity contribution >= 4 is 39.0 Å². The monoisotopic (exact) mass is 432 g/mol. The number of morpholine rings is 1. The highest BCUT2D eigenvalue weighted by molar-refractivity contribution is 7.92. The average Bonchev–Trinajstić information content (AvgIpc) is 2.65. The number of halogens is 2. The van der Waals surface area contributed by atoms with Crippen LogP contribution >= 0.6 is 23.2 Å². The van der Waals surface area contributed by atoms with E-state index in [1.807, 2.05) is 0 Å². The Bertz CT molecular complexity index is 921. The molecule has 2 heterocycles. The number of nitrogens with zero attached hydrogens (tertiary/aromatic N) is 3. The van der Waals surface area contributed by atoms with Gasteiger partial charge in [0, 0.05) is 19.6 Å². The molecule has 1 aromatic heterocycles. The molecule has 11 heteroatoms. The molecule has 1 aliphatic rings. The van der Waals surface area contributed by atoms with Crippen LogP contribution in [-0.4, -0.2) is 56.7 Å². The van der Waals surface area contributed by atoms with Crippen molar-refractivity contribution in [1.29, 1.82) is 0 Å². The number of anilines is 1. The maximum absolute atomic E-state index is 12.6. The van der Waals surface area contributed by atoms with Gasteiger partial charge in [-0.25, -0.2) is 18.4 Å². The zero-order chi connectivity index (χ0) is 19.4. The number of nitrogens with one attached hydrogen (secondary N) is 1. The molecule has 0 atom stereocenters. The van der Waals surface area contributed by atoms with E-state index in [1.54, 1.807) is 0 Å². The van der Waals surface area contributed by atoms with Gasteiger partial charge in [0.25, 0.3) is 15.9 Å². The van der Waals surface area contributed by atoms with Gasteiger partial charge in [0.05, 0.1) is 42.3 Å². The number of hydrogen-bond acceptors (Lipinski definition) is 7. The van der Waals surface area contributed by atoms with Crippen LogP contribution in [0.5, 0.6) is 5.88 Å². The molecule has 8 nitrogen and oxygen atoms in total. The summed E-state index contributed by atoms with van der Waals surface area (Å²) < 4.78 is 38.2. The Hall–Kier alpha value is -1.65. The number of ether oxygens (including phenoxy) is 2. The van der Waals surface area contributed by atoms with Crippen molar-refractivity contribution in [3.8, 4) is 5.88 Å². The van der Waals surface area contributed by atoms with E-state index in [2.05, 4.69) is 19.6 Å². The van der Waals surface area contributed by atoms with Crippen molar-refractivity contribution in [2.75, 3.05) is 38.1 Å². The fraction of sp³-hybridized carbons (Fsp3) is 0.375. The van der Waals surface area contributed by atoms with Gasteiger partial charge in [-0.2, -0.15) is 0 Å². The lowest BCUT2D eigenvalue weighted by molar-refractivity contribution is 0.0335. The Kier molecular flexibility index (Phi) is 6.38. The molecule has 3 rings (SSSR count).